The van der Waals surface area contributed by atoms with E-state index in [1.807, 2.05) is 6.07 Å². The van der Waals surface area contributed by atoms with Gasteiger partial charge in [0.15, 0.2) is 5.82 Å². The fraction of sp³-hybridized carbons (Fsp3) is 0.462. The third-order valence-electron chi connectivity index (χ3n) is 5.94. The van der Waals surface area contributed by atoms with Gasteiger partial charge in [-0.1, -0.05) is 30.3 Å². The molecule has 3 rings (SSSR count). The molecule has 1 unspecified atom stereocenters. The summed E-state index contributed by atoms with van der Waals surface area (Å²) in [6, 6.07) is 9.29. The largest absolute Gasteiger partial charge is 0.481 e. The molecule has 2 aromatic rings. The van der Waals surface area contributed by atoms with Crippen LogP contribution in [0.1, 0.15) is 37.2 Å². The van der Waals surface area contributed by atoms with Crippen LogP contribution in [-0.2, 0) is 14.3 Å². The first-order valence-electron chi connectivity index (χ1n) is 12.8. The number of carboxylic acid groups (broad SMARTS) is 1. The summed E-state index contributed by atoms with van der Waals surface area (Å²) < 4.78 is 5.00. The molecule has 13 heteroatoms. The SMILES string of the molecule is CCOC(=O)N1CCN(C(=O)[C@H](CCC(=O)O)NC(=O)c2cc(NCC(C)O)nc(-c3ccccc3)n2)CC1. The summed E-state index contributed by atoms with van der Waals surface area (Å²) in [5.41, 5.74) is 0.627. The van der Waals surface area contributed by atoms with Crippen LogP contribution in [0, 0.1) is 0 Å². The summed E-state index contributed by atoms with van der Waals surface area (Å²) in [5.74, 6) is -1.66. The Morgan fingerprint density at radius 3 is 2.33 bits per heavy atom. The number of piperazine rings is 1. The van der Waals surface area contributed by atoms with Gasteiger partial charge in [0.1, 0.15) is 17.6 Å². The molecule has 0 aliphatic carbocycles. The molecule has 0 saturated carbocycles. The number of hydrogen-bond donors (Lipinski definition) is 4. The minimum Gasteiger partial charge on any atom is -0.481 e. The molecule has 1 saturated heterocycles. The third-order valence-corrected chi connectivity index (χ3v) is 5.94. The predicted molar refractivity (Wildman–Crippen MR) is 141 cm³/mol. The number of ether oxygens (including phenoxy) is 1. The van der Waals surface area contributed by atoms with Gasteiger partial charge in [-0.3, -0.25) is 14.4 Å². The summed E-state index contributed by atoms with van der Waals surface area (Å²) in [5, 5.41) is 24.5. The Morgan fingerprint density at radius 2 is 1.72 bits per heavy atom. The quantitative estimate of drug-likeness (QED) is 0.323. The fourth-order valence-electron chi connectivity index (χ4n) is 3.92. The number of aromatic nitrogens is 2. The van der Waals surface area contributed by atoms with E-state index in [1.54, 1.807) is 38.1 Å². The normalized spacial score (nSPS) is 14.7. The van der Waals surface area contributed by atoms with Gasteiger partial charge in [0.05, 0.1) is 12.7 Å². The average Bonchev–Trinajstić information content (AvgIpc) is 2.94. The van der Waals surface area contributed by atoms with E-state index in [0.717, 1.165) is 0 Å². The molecular formula is C26H34N6O7. The number of carboxylic acids is 1. The van der Waals surface area contributed by atoms with Gasteiger partial charge in [-0.05, 0) is 20.3 Å². The number of rotatable bonds is 11. The van der Waals surface area contributed by atoms with Gasteiger partial charge in [-0.2, -0.15) is 0 Å². The smallest absolute Gasteiger partial charge is 0.409 e. The number of carbonyl (C=O) groups excluding carboxylic acids is 3. The van der Waals surface area contributed by atoms with Crippen molar-refractivity contribution in [1.29, 1.82) is 0 Å². The van der Waals surface area contributed by atoms with Crippen molar-refractivity contribution in [3.63, 3.8) is 0 Å². The van der Waals surface area contributed by atoms with Crippen LogP contribution in [0.4, 0.5) is 10.6 Å². The van der Waals surface area contributed by atoms with E-state index in [1.165, 1.54) is 15.9 Å². The molecule has 39 heavy (non-hydrogen) atoms. The van der Waals surface area contributed by atoms with Crippen molar-refractivity contribution in [3.05, 3.63) is 42.1 Å². The van der Waals surface area contributed by atoms with Crippen molar-refractivity contribution in [3.8, 4) is 11.4 Å². The van der Waals surface area contributed by atoms with Crippen molar-refractivity contribution in [2.75, 3.05) is 44.6 Å². The summed E-state index contributed by atoms with van der Waals surface area (Å²) in [4.78, 5) is 61.7. The first-order chi connectivity index (χ1) is 18.7. The van der Waals surface area contributed by atoms with E-state index in [-0.39, 0.29) is 63.7 Å². The van der Waals surface area contributed by atoms with Gasteiger partial charge in [0.2, 0.25) is 5.91 Å². The molecule has 2 heterocycles. The third kappa shape index (κ3) is 8.64. The molecule has 1 aromatic heterocycles. The van der Waals surface area contributed by atoms with Crippen LogP contribution in [0.5, 0.6) is 0 Å². The van der Waals surface area contributed by atoms with Crippen molar-refractivity contribution >= 4 is 29.7 Å². The number of aliphatic hydroxyl groups excluding tert-OH is 1. The lowest BCUT2D eigenvalue weighted by atomic mass is 10.1. The number of amides is 3. The molecule has 210 valence electrons. The Kier molecular flexibility index (Phi) is 10.6. The second-order valence-corrected chi connectivity index (χ2v) is 9.03. The summed E-state index contributed by atoms with van der Waals surface area (Å²) in [7, 11) is 0. The van der Waals surface area contributed by atoms with Gasteiger partial charge in [0, 0.05) is 50.8 Å². The lowest BCUT2D eigenvalue weighted by Gasteiger charge is -2.35. The number of aliphatic hydroxyl groups is 1. The summed E-state index contributed by atoms with van der Waals surface area (Å²) >= 11 is 0. The van der Waals surface area contributed by atoms with Crippen LogP contribution in [0.3, 0.4) is 0 Å². The van der Waals surface area contributed by atoms with E-state index in [2.05, 4.69) is 20.6 Å². The predicted octanol–water partition coefficient (Wildman–Crippen LogP) is 1.20. The van der Waals surface area contributed by atoms with Crippen LogP contribution in [0.25, 0.3) is 11.4 Å². The summed E-state index contributed by atoms with van der Waals surface area (Å²) in [6.45, 7) is 4.69. The average molecular weight is 543 g/mol. The van der Waals surface area contributed by atoms with Gasteiger partial charge in [0.25, 0.3) is 5.91 Å². The number of benzene rings is 1. The maximum absolute atomic E-state index is 13.3. The topological polar surface area (TPSA) is 174 Å². The molecule has 2 atom stereocenters. The van der Waals surface area contributed by atoms with Gasteiger partial charge in [-0.25, -0.2) is 14.8 Å². The molecule has 0 bridgehead atoms. The van der Waals surface area contributed by atoms with Crippen LogP contribution in [-0.4, -0.2) is 105 Å². The maximum atomic E-state index is 13.3. The zero-order valence-electron chi connectivity index (χ0n) is 22.0. The minimum atomic E-state index is -1.12. The highest BCUT2D eigenvalue weighted by molar-refractivity contribution is 5.97. The van der Waals surface area contributed by atoms with Crippen molar-refractivity contribution in [2.24, 2.45) is 0 Å². The highest BCUT2D eigenvalue weighted by atomic mass is 16.6. The van der Waals surface area contributed by atoms with Crippen molar-refractivity contribution in [2.45, 2.75) is 38.8 Å². The number of aliphatic carboxylic acids is 1. The number of nitrogens with one attached hydrogen (secondary N) is 2. The maximum Gasteiger partial charge on any atom is 0.409 e. The number of nitrogens with zero attached hydrogens (tertiary/aromatic N) is 4. The van der Waals surface area contributed by atoms with E-state index in [0.29, 0.717) is 11.4 Å². The zero-order chi connectivity index (χ0) is 28.4. The van der Waals surface area contributed by atoms with Crippen LogP contribution in [0.2, 0.25) is 0 Å². The first kappa shape index (κ1) is 29.3. The Balaban J connectivity index is 1.79. The molecule has 1 aromatic carbocycles. The zero-order valence-corrected chi connectivity index (χ0v) is 22.0. The Morgan fingerprint density at radius 1 is 1.05 bits per heavy atom. The minimum absolute atomic E-state index is 0.0304. The van der Waals surface area contributed by atoms with Gasteiger partial charge >= 0.3 is 12.1 Å². The molecule has 1 aliphatic rings. The molecule has 0 radical (unpaired) electrons. The molecule has 0 spiro atoms. The van der Waals surface area contributed by atoms with Crippen molar-refractivity contribution < 1.29 is 34.1 Å². The molecule has 1 fully saturated rings. The van der Waals surface area contributed by atoms with E-state index >= 15 is 0 Å². The van der Waals surface area contributed by atoms with Gasteiger partial charge in [-0.15, -0.1) is 0 Å². The molecule has 1 aliphatic heterocycles. The Bertz CT molecular complexity index is 1150. The second-order valence-electron chi connectivity index (χ2n) is 9.03. The molecule has 13 nitrogen and oxygen atoms in total. The van der Waals surface area contributed by atoms with Crippen molar-refractivity contribution in [1.82, 2.24) is 25.1 Å². The lowest BCUT2D eigenvalue weighted by molar-refractivity contribution is -0.138. The van der Waals surface area contributed by atoms with E-state index < -0.39 is 36.0 Å². The highest BCUT2D eigenvalue weighted by Gasteiger charge is 2.31. The standard InChI is InChI=1S/C26H34N6O7/c1-3-39-26(38)32-13-11-31(12-14-32)25(37)19(9-10-22(34)35)29-24(36)20-15-21(27-16-17(2)33)30-23(28-20)18-7-5-4-6-8-18/h4-8,15,17,19,33H,3,9-14,16H2,1-2H3,(H,29,36)(H,34,35)(H,27,28,30)/t17?,19-/m0/s1. The molecule has 3 amide bonds. The van der Waals surface area contributed by atoms with Crippen LogP contribution >= 0.6 is 0 Å². The monoisotopic (exact) mass is 542 g/mol. The number of carbonyl (C=O) groups is 4. The van der Waals surface area contributed by atoms with Gasteiger partial charge < -0.3 is 35.4 Å². The van der Waals surface area contributed by atoms with Crippen LogP contribution in [0.15, 0.2) is 36.4 Å². The van der Waals surface area contributed by atoms with Crippen LogP contribution < -0.4 is 10.6 Å². The second kappa shape index (κ2) is 14.0. The van der Waals surface area contributed by atoms with E-state index in [9.17, 15) is 29.4 Å². The fourth-order valence-corrected chi connectivity index (χ4v) is 3.92. The first-order valence-corrected chi connectivity index (χ1v) is 12.8. The molecular weight excluding hydrogens is 508 g/mol. The Hall–Kier alpha value is -4.26. The summed E-state index contributed by atoms with van der Waals surface area (Å²) in [6.07, 6.45) is -1.58. The number of hydrogen-bond acceptors (Lipinski definition) is 9. The number of anilines is 1. The lowest BCUT2D eigenvalue weighted by Crippen LogP contribution is -2.56. The Labute approximate surface area is 226 Å². The highest BCUT2D eigenvalue weighted by Crippen LogP contribution is 2.18. The molecule has 4 N–H and O–H groups in total. The van der Waals surface area contributed by atoms with E-state index in [4.69, 9.17) is 4.74 Å².